The zero-order chi connectivity index (χ0) is 20.3. The number of aromatic nitrogens is 2. The third-order valence-electron chi connectivity index (χ3n) is 4.72. The number of piperidine rings is 1. The third-order valence-corrected chi connectivity index (χ3v) is 5.08. The van der Waals surface area contributed by atoms with Crippen molar-refractivity contribution in [3.63, 3.8) is 0 Å². The highest BCUT2D eigenvalue weighted by Crippen LogP contribution is 2.27. The first-order valence-electron chi connectivity index (χ1n) is 9.18. The Labute approximate surface area is 166 Å². The molecule has 0 bridgehead atoms. The first kappa shape index (κ1) is 20.3. The second kappa shape index (κ2) is 8.68. The summed E-state index contributed by atoms with van der Waals surface area (Å²) in [5.41, 5.74) is -0.490. The van der Waals surface area contributed by atoms with Crippen LogP contribution in [0.15, 0.2) is 29.2 Å². The van der Waals surface area contributed by atoms with Crippen LogP contribution in [0, 0.1) is 17.6 Å². The van der Waals surface area contributed by atoms with E-state index in [1.807, 2.05) is 11.8 Å². The van der Waals surface area contributed by atoms with Gasteiger partial charge in [0.05, 0.1) is 17.8 Å². The van der Waals surface area contributed by atoms with Gasteiger partial charge in [-0.15, -0.1) is 0 Å². The summed E-state index contributed by atoms with van der Waals surface area (Å²) in [6.45, 7) is 3.66. The fraction of sp³-hybridized carbons (Fsp3) is 0.421. The summed E-state index contributed by atoms with van der Waals surface area (Å²) in [6, 6.07) is 2.85. The van der Waals surface area contributed by atoms with Crippen molar-refractivity contribution in [2.75, 3.05) is 24.5 Å². The van der Waals surface area contributed by atoms with Gasteiger partial charge in [-0.3, -0.25) is 9.59 Å². The number of anilines is 1. The molecule has 1 fully saturated rings. The van der Waals surface area contributed by atoms with Crippen molar-refractivity contribution < 1.29 is 13.6 Å². The number of halogens is 3. The van der Waals surface area contributed by atoms with Gasteiger partial charge >= 0.3 is 0 Å². The number of benzene rings is 1. The molecule has 1 aliphatic rings. The molecule has 150 valence electrons. The van der Waals surface area contributed by atoms with Gasteiger partial charge in [-0.2, -0.15) is 9.78 Å². The number of carbonyl (C=O) groups is 1. The van der Waals surface area contributed by atoms with Crippen molar-refractivity contribution in [2.24, 2.45) is 5.92 Å². The molecule has 1 atom stereocenters. The minimum atomic E-state index is -0.913. The second-order valence-corrected chi connectivity index (χ2v) is 7.11. The largest absolute Gasteiger partial charge is 0.368 e. The van der Waals surface area contributed by atoms with Gasteiger partial charge in [-0.25, -0.2) is 8.78 Å². The van der Waals surface area contributed by atoms with Crippen molar-refractivity contribution in [2.45, 2.75) is 26.2 Å². The third kappa shape index (κ3) is 4.16. The fourth-order valence-corrected chi connectivity index (χ4v) is 3.52. The lowest BCUT2D eigenvalue weighted by Crippen LogP contribution is -2.44. The maximum Gasteiger partial charge on any atom is 0.292 e. The van der Waals surface area contributed by atoms with E-state index in [9.17, 15) is 18.4 Å². The smallest absolute Gasteiger partial charge is 0.292 e. The van der Waals surface area contributed by atoms with E-state index in [2.05, 4.69) is 10.4 Å². The van der Waals surface area contributed by atoms with Crippen molar-refractivity contribution >= 4 is 23.2 Å². The highest BCUT2D eigenvalue weighted by Gasteiger charge is 2.28. The van der Waals surface area contributed by atoms with Crippen LogP contribution < -0.4 is 15.8 Å². The number of amides is 1. The minimum Gasteiger partial charge on any atom is -0.368 e. The van der Waals surface area contributed by atoms with E-state index >= 15 is 0 Å². The van der Waals surface area contributed by atoms with Gasteiger partial charge in [0, 0.05) is 25.7 Å². The standard InChI is InChI=1S/C19H21ClF2N4O2/c1-2-7-23-18(27)12-4-3-8-25(11-12)16-10-24-26(19(28)17(16)20)15-6-5-13(21)9-14(15)22/h5-6,9-10,12H,2-4,7-8,11H2,1H3,(H,23,27). The van der Waals surface area contributed by atoms with Gasteiger partial charge in [0.2, 0.25) is 5.91 Å². The van der Waals surface area contributed by atoms with Crippen LogP contribution in [-0.4, -0.2) is 35.3 Å². The first-order valence-corrected chi connectivity index (χ1v) is 9.56. The van der Waals surface area contributed by atoms with Crippen molar-refractivity contribution in [3.8, 4) is 5.69 Å². The van der Waals surface area contributed by atoms with Gasteiger partial charge < -0.3 is 10.2 Å². The highest BCUT2D eigenvalue weighted by molar-refractivity contribution is 6.33. The van der Waals surface area contributed by atoms with E-state index in [-0.39, 0.29) is 22.5 Å². The summed E-state index contributed by atoms with van der Waals surface area (Å²) in [6.07, 6.45) is 3.76. The van der Waals surface area contributed by atoms with Crippen molar-refractivity contribution in [3.05, 3.63) is 51.4 Å². The second-order valence-electron chi connectivity index (χ2n) is 6.73. The van der Waals surface area contributed by atoms with Crippen LogP contribution in [0.25, 0.3) is 5.69 Å². The van der Waals surface area contributed by atoms with E-state index < -0.39 is 17.2 Å². The average Bonchev–Trinajstić information content (AvgIpc) is 2.69. The Kier molecular flexibility index (Phi) is 6.28. The summed E-state index contributed by atoms with van der Waals surface area (Å²) in [5, 5.41) is 6.78. The average molecular weight is 411 g/mol. The van der Waals surface area contributed by atoms with Gasteiger partial charge in [0.25, 0.3) is 5.56 Å². The molecule has 2 aromatic rings. The van der Waals surface area contributed by atoms with Crippen LogP contribution in [0.4, 0.5) is 14.5 Å². The zero-order valence-corrected chi connectivity index (χ0v) is 16.2. The molecule has 1 aromatic heterocycles. The van der Waals surface area contributed by atoms with Crippen LogP contribution in [0.5, 0.6) is 0 Å². The Morgan fingerprint density at radius 3 is 2.86 bits per heavy atom. The number of nitrogens with zero attached hydrogens (tertiary/aromatic N) is 3. The van der Waals surface area contributed by atoms with Gasteiger partial charge in [0.15, 0.2) is 5.82 Å². The molecule has 28 heavy (non-hydrogen) atoms. The van der Waals surface area contributed by atoms with E-state index in [1.54, 1.807) is 0 Å². The molecule has 6 nitrogen and oxygen atoms in total. The highest BCUT2D eigenvalue weighted by atomic mass is 35.5. The van der Waals surface area contributed by atoms with Crippen LogP contribution in [-0.2, 0) is 4.79 Å². The van der Waals surface area contributed by atoms with Gasteiger partial charge in [0.1, 0.15) is 16.5 Å². The lowest BCUT2D eigenvalue weighted by atomic mass is 9.97. The molecule has 0 spiro atoms. The summed E-state index contributed by atoms with van der Waals surface area (Å²) in [5.74, 6) is -1.88. The molecule has 0 saturated carbocycles. The predicted molar refractivity (Wildman–Crippen MR) is 103 cm³/mol. The number of nitrogens with one attached hydrogen (secondary N) is 1. The molecule has 0 radical (unpaired) electrons. The lowest BCUT2D eigenvalue weighted by Gasteiger charge is -2.33. The topological polar surface area (TPSA) is 67.2 Å². The molecule has 1 N–H and O–H groups in total. The SMILES string of the molecule is CCCNC(=O)C1CCCN(c2cnn(-c3ccc(F)cc3F)c(=O)c2Cl)C1. The molecular weight excluding hydrogens is 390 g/mol. The van der Waals surface area contributed by atoms with E-state index in [4.69, 9.17) is 11.6 Å². The monoisotopic (exact) mass is 410 g/mol. The van der Waals surface area contributed by atoms with E-state index in [1.165, 1.54) is 6.20 Å². The Hall–Kier alpha value is -2.48. The zero-order valence-electron chi connectivity index (χ0n) is 15.4. The quantitative estimate of drug-likeness (QED) is 0.823. The summed E-state index contributed by atoms with van der Waals surface area (Å²) >= 11 is 6.26. The number of carbonyl (C=O) groups excluding carboxylic acids is 1. The predicted octanol–water partition coefficient (Wildman–Crippen LogP) is 2.91. The normalized spacial score (nSPS) is 16.9. The Morgan fingerprint density at radius 1 is 1.36 bits per heavy atom. The molecule has 3 rings (SSSR count). The fourth-order valence-electron chi connectivity index (χ4n) is 3.27. The lowest BCUT2D eigenvalue weighted by molar-refractivity contribution is -0.125. The molecular formula is C19H21ClF2N4O2. The van der Waals surface area contributed by atoms with Gasteiger partial charge in [-0.1, -0.05) is 18.5 Å². The van der Waals surface area contributed by atoms with Gasteiger partial charge in [-0.05, 0) is 31.4 Å². The maximum absolute atomic E-state index is 14.0. The van der Waals surface area contributed by atoms with E-state index in [0.29, 0.717) is 31.4 Å². The Balaban J connectivity index is 1.86. The molecule has 2 heterocycles. The molecule has 1 saturated heterocycles. The maximum atomic E-state index is 14.0. The molecule has 0 aliphatic carbocycles. The van der Waals surface area contributed by atoms with E-state index in [0.717, 1.165) is 36.1 Å². The molecule has 9 heteroatoms. The summed E-state index contributed by atoms with van der Waals surface area (Å²) < 4.78 is 27.9. The Bertz CT molecular complexity index is 935. The van der Waals surface area contributed by atoms with Crippen LogP contribution in [0.2, 0.25) is 5.02 Å². The summed E-state index contributed by atoms with van der Waals surface area (Å²) in [4.78, 5) is 26.7. The number of hydrogen-bond acceptors (Lipinski definition) is 4. The molecule has 1 unspecified atom stereocenters. The first-order chi connectivity index (χ1) is 13.4. The van der Waals surface area contributed by atoms with Crippen LogP contribution in [0.3, 0.4) is 0 Å². The minimum absolute atomic E-state index is 0.0163. The molecule has 1 amide bonds. The summed E-state index contributed by atoms with van der Waals surface area (Å²) in [7, 11) is 0. The van der Waals surface area contributed by atoms with Crippen LogP contribution in [0.1, 0.15) is 26.2 Å². The number of hydrogen-bond donors (Lipinski definition) is 1. The molecule has 1 aromatic carbocycles. The Morgan fingerprint density at radius 2 is 2.14 bits per heavy atom. The number of rotatable bonds is 5. The molecule has 1 aliphatic heterocycles. The van der Waals surface area contributed by atoms with Crippen molar-refractivity contribution in [1.29, 1.82) is 0 Å². The van der Waals surface area contributed by atoms with Crippen LogP contribution >= 0.6 is 11.6 Å². The van der Waals surface area contributed by atoms with Crippen molar-refractivity contribution in [1.82, 2.24) is 15.1 Å².